The molecule has 2 bridgehead atoms. The summed E-state index contributed by atoms with van der Waals surface area (Å²) in [6.45, 7) is 2.73. The molecule has 2 saturated heterocycles. The highest BCUT2D eigenvalue weighted by atomic mass is 16.5. The van der Waals surface area contributed by atoms with Gasteiger partial charge in [-0.05, 0) is 56.3 Å². The summed E-state index contributed by atoms with van der Waals surface area (Å²) >= 11 is 0. The van der Waals surface area contributed by atoms with E-state index in [-0.39, 0.29) is 0 Å². The van der Waals surface area contributed by atoms with Crippen LogP contribution < -0.4 is 5.32 Å². The molecule has 2 fully saturated rings. The highest BCUT2D eigenvalue weighted by Crippen LogP contribution is 2.37. The van der Waals surface area contributed by atoms with Crippen molar-refractivity contribution < 1.29 is 4.74 Å². The lowest BCUT2D eigenvalue weighted by molar-refractivity contribution is 0.0762. The number of fused-ring (bicyclic) bond motifs is 3. The van der Waals surface area contributed by atoms with Gasteiger partial charge in [-0.25, -0.2) is 0 Å². The second kappa shape index (κ2) is 5.71. The van der Waals surface area contributed by atoms with E-state index in [1.165, 1.54) is 36.8 Å². The van der Waals surface area contributed by atoms with Crippen molar-refractivity contribution in [3.05, 3.63) is 35.4 Å². The van der Waals surface area contributed by atoms with Crippen LogP contribution in [0.15, 0.2) is 24.3 Å². The molecule has 3 unspecified atom stereocenters. The third kappa shape index (κ3) is 2.63. The lowest BCUT2D eigenvalue weighted by Crippen LogP contribution is -2.43. The van der Waals surface area contributed by atoms with Crippen LogP contribution in [0.4, 0.5) is 0 Å². The Bertz CT molecular complexity index is 490. The molecule has 0 aromatic heterocycles. The molecule has 0 radical (unpaired) electrons. The zero-order chi connectivity index (χ0) is 14.2. The molecule has 0 amide bonds. The van der Waals surface area contributed by atoms with Crippen molar-refractivity contribution in [1.29, 1.82) is 0 Å². The van der Waals surface area contributed by atoms with Crippen LogP contribution in [0.3, 0.4) is 0 Å². The Morgan fingerprint density at radius 2 is 1.95 bits per heavy atom. The van der Waals surface area contributed by atoms with Gasteiger partial charge < -0.3 is 15.0 Å². The summed E-state index contributed by atoms with van der Waals surface area (Å²) in [6, 6.07) is 10.8. The van der Waals surface area contributed by atoms with E-state index in [1.54, 1.807) is 0 Å². The van der Waals surface area contributed by atoms with Crippen LogP contribution in [0.5, 0.6) is 0 Å². The fourth-order valence-electron chi connectivity index (χ4n) is 4.55. The molecule has 0 aliphatic carbocycles. The molecule has 0 spiro atoms. The Labute approximate surface area is 127 Å². The second-order valence-corrected chi connectivity index (χ2v) is 7.06. The fraction of sp³-hybridized carbons (Fsp3) is 0.667. The fourth-order valence-corrected chi connectivity index (χ4v) is 4.55. The van der Waals surface area contributed by atoms with Crippen LogP contribution >= 0.6 is 0 Å². The summed E-state index contributed by atoms with van der Waals surface area (Å²) in [5.74, 6) is 0.841. The van der Waals surface area contributed by atoms with Crippen LogP contribution in [-0.4, -0.2) is 37.2 Å². The minimum absolute atomic E-state index is 0.382. The van der Waals surface area contributed by atoms with Crippen LogP contribution in [0, 0.1) is 5.92 Å². The maximum absolute atomic E-state index is 5.75. The quantitative estimate of drug-likeness (QED) is 0.924. The SMILES string of the molecule is CN1C2CCC1CC(CNC1COCc3ccccc31)C2. The van der Waals surface area contributed by atoms with E-state index in [0.29, 0.717) is 6.04 Å². The molecule has 3 atom stereocenters. The van der Waals surface area contributed by atoms with Gasteiger partial charge in [-0.1, -0.05) is 24.3 Å². The van der Waals surface area contributed by atoms with Gasteiger partial charge in [0.05, 0.1) is 19.3 Å². The molecule has 3 heteroatoms. The molecular formula is C18H26N2O. The Kier molecular flexibility index (Phi) is 3.74. The topological polar surface area (TPSA) is 24.5 Å². The van der Waals surface area contributed by atoms with Crippen LogP contribution in [0.25, 0.3) is 0 Å². The molecule has 3 aliphatic rings. The van der Waals surface area contributed by atoms with E-state index in [4.69, 9.17) is 4.74 Å². The smallest absolute Gasteiger partial charge is 0.0721 e. The first-order valence-electron chi connectivity index (χ1n) is 8.42. The molecule has 21 heavy (non-hydrogen) atoms. The minimum Gasteiger partial charge on any atom is -0.375 e. The maximum Gasteiger partial charge on any atom is 0.0721 e. The highest BCUT2D eigenvalue weighted by molar-refractivity contribution is 5.31. The van der Waals surface area contributed by atoms with Crippen molar-refractivity contribution in [2.24, 2.45) is 5.92 Å². The van der Waals surface area contributed by atoms with E-state index in [0.717, 1.165) is 37.8 Å². The van der Waals surface area contributed by atoms with Gasteiger partial charge in [0.1, 0.15) is 0 Å². The molecule has 114 valence electrons. The number of nitrogens with zero attached hydrogens (tertiary/aromatic N) is 1. The van der Waals surface area contributed by atoms with Crippen LogP contribution in [0.2, 0.25) is 0 Å². The number of hydrogen-bond donors (Lipinski definition) is 1. The predicted molar refractivity (Wildman–Crippen MR) is 84.1 cm³/mol. The molecule has 3 nitrogen and oxygen atoms in total. The summed E-state index contributed by atoms with van der Waals surface area (Å²) in [7, 11) is 2.32. The summed E-state index contributed by atoms with van der Waals surface area (Å²) in [4.78, 5) is 2.62. The van der Waals surface area contributed by atoms with Gasteiger partial charge in [0.25, 0.3) is 0 Å². The maximum atomic E-state index is 5.75. The van der Waals surface area contributed by atoms with E-state index in [2.05, 4.69) is 41.5 Å². The van der Waals surface area contributed by atoms with Crippen LogP contribution in [0.1, 0.15) is 42.9 Å². The first-order valence-corrected chi connectivity index (χ1v) is 8.42. The van der Waals surface area contributed by atoms with Gasteiger partial charge in [-0.2, -0.15) is 0 Å². The summed E-state index contributed by atoms with van der Waals surface area (Å²) < 4.78 is 5.75. The number of rotatable bonds is 3. The molecule has 4 rings (SSSR count). The first kappa shape index (κ1) is 13.7. The second-order valence-electron chi connectivity index (χ2n) is 7.06. The number of piperidine rings is 1. The largest absolute Gasteiger partial charge is 0.375 e. The number of hydrogen-bond acceptors (Lipinski definition) is 3. The van der Waals surface area contributed by atoms with Crippen molar-refractivity contribution >= 4 is 0 Å². The van der Waals surface area contributed by atoms with Crippen molar-refractivity contribution in [1.82, 2.24) is 10.2 Å². The normalized spacial score (nSPS) is 35.7. The van der Waals surface area contributed by atoms with Gasteiger partial charge >= 0.3 is 0 Å². The monoisotopic (exact) mass is 286 g/mol. The molecular weight excluding hydrogens is 260 g/mol. The molecule has 1 N–H and O–H groups in total. The lowest BCUT2D eigenvalue weighted by Gasteiger charge is -2.37. The zero-order valence-corrected chi connectivity index (χ0v) is 12.9. The van der Waals surface area contributed by atoms with Gasteiger partial charge in [0, 0.05) is 12.1 Å². The van der Waals surface area contributed by atoms with Crippen molar-refractivity contribution in [3.63, 3.8) is 0 Å². The highest BCUT2D eigenvalue weighted by Gasteiger charge is 2.38. The van der Waals surface area contributed by atoms with Gasteiger partial charge in [-0.15, -0.1) is 0 Å². The van der Waals surface area contributed by atoms with Gasteiger partial charge in [0.2, 0.25) is 0 Å². The molecule has 1 aromatic rings. The third-order valence-electron chi connectivity index (χ3n) is 5.82. The van der Waals surface area contributed by atoms with Gasteiger partial charge in [-0.3, -0.25) is 0 Å². The number of benzene rings is 1. The standard InChI is InChI=1S/C18H26N2O/c1-20-15-6-7-16(20)9-13(8-15)10-19-18-12-21-11-14-4-2-3-5-17(14)18/h2-5,13,15-16,18-19H,6-12H2,1H3. The summed E-state index contributed by atoms with van der Waals surface area (Å²) in [5, 5.41) is 3.79. The van der Waals surface area contributed by atoms with E-state index < -0.39 is 0 Å². The lowest BCUT2D eigenvalue weighted by atomic mass is 9.90. The predicted octanol–water partition coefficient (Wildman–Crippen LogP) is 2.72. The van der Waals surface area contributed by atoms with Crippen molar-refractivity contribution in [2.45, 2.75) is 50.4 Å². The first-order chi connectivity index (χ1) is 10.3. The van der Waals surface area contributed by atoms with E-state index in [1.807, 2.05) is 0 Å². The van der Waals surface area contributed by atoms with Crippen molar-refractivity contribution in [2.75, 3.05) is 20.2 Å². The Hall–Kier alpha value is -0.900. The minimum atomic E-state index is 0.382. The molecule has 0 saturated carbocycles. The summed E-state index contributed by atoms with van der Waals surface area (Å²) in [6.07, 6.45) is 5.56. The average molecular weight is 286 g/mol. The molecule has 1 aromatic carbocycles. The Balaban J connectivity index is 1.38. The third-order valence-corrected chi connectivity index (χ3v) is 5.82. The molecule has 3 heterocycles. The molecule has 3 aliphatic heterocycles. The summed E-state index contributed by atoms with van der Waals surface area (Å²) in [5.41, 5.74) is 2.80. The van der Waals surface area contributed by atoms with Gasteiger partial charge in [0.15, 0.2) is 0 Å². The number of ether oxygens (including phenoxy) is 1. The van der Waals surface area contributed by atoms with Crippen LogP contribution in [-0.2, 0) is 11.3 Å². The Morgan fingerprint density at radius 3 is 2.76 bits per heavy atom. The van der Waals surface area contributed by atoms with E-state index >= 15 is 0 Å². The zero-order valence-electron chi connectivity index (χ0n) is 12.9. The van der Waals surface area contributed by atoms with E-state index in [9.17, 15) is 0 Å². The van der Waals surface area contributed by atoms with Crippen molar-refractivity contribution in [3.8, 4) is 0 Å². The number of nitrogens with one attached hydrogen (secondary N) is 1. The average Bonchev–Trinajstić information content (AvgIpc) is 2.75. The Morgan fingerprint density at radius 1 is 1.19 bits per heavy atom.